The first kappa shape index (κ1) is 15.4. The molecule has 2 saturated heterocycles. The molecular formula is C15H25N5O2. The first-order chi connectivity index (χ1) is 10.7. The van der Waals surface area contributed by atoms with E-state index in [1.807, 2.05) is 16.5 Å². The standard InChI is InChI=1S/C15H25N5O2/c1-13(15(21)18-5-7-22-8-6-18)19-4-2-3-14(9-19)10-20-12-16-11-17-20/h11-14H,2-10H2,1H3/t13-,14-/m0/s1. The molecule has 0 bridgehead atoms. The Hall–Kier alpha value is -1.47. The molecule has 1 aromatic heterocycles. The molecule has 0 saturated carbocycles. The first-order valence-electron chi connectivity index (χ1n) is 8.17. The van der Waals surface area contributed by atoms with Gasteiger partial charge in [0.05, 0.1) is 19.3 Å². The molecule has 2 aliphatic rings. The first-order valence-corrected chi connectivity index (χ1v) is 8.17. The molecular weight excluding hydrogens is 282 g/mol. The zero-order valence-electron chi connectivity index (χ0n) is 13.2. The number of hydrogen-bond acceptors (Lipinski definition) is 5. The zero-order valence-corrected chi connectivity index (χ0v) is 13.2. The van der Waals surface area contributed by atoms with Crippen molar-refractivity contribution in [3.63, 3.8) is 0 Å². The second-order valence-electron chi connectivity index (χ2n) is 6.23. The third-order valence-corrected chi connectivity index (χ3v) is 4.69. The fourth-order valence-electron chi connectivity index (χ4n) is 3.39. The van der Waals surface area contributed by atoms with Crippen LogP contribution < -0.4 is 0 Å². The highest BCUT2D eigenvalue weighted by atomic mass is 16.5. The predicted octanol–water partition coefficient (Wildman–Crippen LogP) is 0.237. The van der Waals surface area contributed by atoms with Crippen LogP contribution in [-0.4, -0.2) is 75.9 Å². The number of amides is 1. The quantitative estimate of drug-likeness (QED) is 0.797. The van der Waals surface area contributed by atoms with Crippen molar-refractivity contribution in [1.29, 1.82) is 0 Å². The molecule has 122 valence electrons. The van der Waals surface area contributed by atoms with Crippen LogP contribution in [0, 0.1) is 5.92 Å². The average molecular weight is 307 g/mol. The number of ether oxygens (including phenoxy) is 1. The van der Waals surface area contributed by atoms with Crippen LogP contribution >= 0.6 is 0 Å². The minimum atomic E-state index is -0.0448. The number of carbonyl (C=O) groups excluding carboxylic acids is 1. The Labute approximate surface area is 131 Å². The third-order valence-electron chi connectivity index (χ3n) is 4.69. The number of rotatable bonds is 4. The summed E-state index contributed by atoms with van der Waals surface area (Å²) in [6.07, 6.45) is 5.67. The van der Waals surface area contributed by atoms with Gasteiger partial charge in [-0.1, -0.05) is 0 Å². The normalized spacial score (nSPS) is 25.1. The number of hydrogen-bond donors (Lipinski definition) is 0. The number of piperidine rings is 1. The summed E-state index contributed by atoms with van der Waals surface area (Å²) in [4.78, 5) is 20.9. The molecule has 1 aromatic rings. The second-order valence-corrected chi connectivity index (χ2v) is 6.23. The lowest BCUT2D eigenvalue weighted by atomic mass is 9.96. The average Bonchev–Trinajstić information content (AvgIpc) is 3.07. The maximum atomic E-state index is 12.6. The van der Waals surface area contributed by atoms with E-state index in [2.05, 4.69) is 15.0 Å². The molecule has 1 amide bonds. The van der Waals surface area contributed by atoms with Crippen molar-refractivity contribution >= 4 is 5.91 Å². The van der Waals surface area contributed by atoms with Gasteiger partial charge in [-0.25, -0.2) is 4.98 Å². The van der Waals surface area contributed by atoms with E-state index in [1.165, 1.54) is 6.42 Å². The van der Waals surface area contributed by atoms with Crippen LogP contribution in [0.25, 0.3) is 0 Å². The Bertz CT molecular complexity index is 472. The highest BCUT2D eigenvalue weighted by Crippen LogP contribution is 2.20. The van der Waals surface area contributed by atoms with Crippen molar-refractivity contribution < 1.29 is 9.53 Å². The van der Waals surface area contributed by atoms with Crippen LogP contribution in [0.2, 0.25) is 0 Å². The van der Waals surface area contributed by atoms with Crippen molar-refractivity contribution in [3.8, 4) is 0 Å². The van der Waals surface area contributed by atoms with E-state index in [-0.39, 0.29) is 11.9 Å². The summed E-state index contributed by atoms with van der Waals surface area (Å²) < 4.78 is 7.22. The van der Waals surface area contributed by atoms with Gasteiger partial charge >= 0.3 is 0 Å². The molecule has 22 heavy (non-hydrogen) atoms. The number of morpholine rings is 1. The minimum absolute atomic E-state index is 0.0448. The summed E-state index contributed by atoms with van der Waals surface area (Å²) in [5, 5.41) is 4.19. The SMILES string of the molecule is C[C@@H](C(=O)N1CCOCC1)N1CCC[C@H](Cn2cncn2)C1. The monoisotopic (exact) mass is 307 g/mol. The number of likely N-dealkylation sites (tertiary alicyclic amines) is 1. The molecule has 2 aliphatic heterocycles. The molecule has 0 N–H and O–H groups in total. The topological polar surface area (TPSA) is 63.5 Å². The van der Waals surface area contributed by atoms with Crippen molar-refractivity contribution in [2.75, 3.05) is 39.4 Å². The summed E-state index contributed by atoms with van der Waals surface area (Å²) in [6, 6.07) is -0.0448. The van der Waals surface area contributed by atoms with Gasteiger partial charge in [-0.05, 0) is 32.2 Å². The van der Waals surface area contributed by atoms with Gasteiger partial charge in [0, 0.05) is 26.2 Å². The summed E-state index contributed by atoms with van der Waals surface area (Å²) in [5.74, 6) is 0.778. The van der Waals surface area contributed by atoms with Crippen LogP contribution in [0.15, 0.2) is 12.7 Å². The van der Waals surface area contributed by atoms with E-state index >= 15 is 0 Å². The van der Waals surface area contributed by atoms with Gasteiger partial charge in [0.15, 0.2) is 0 Å². The van der Waals surface area contributed by atoms with Crippen LogP contribution in [0.4, 0.5) is 0 Å². The lowest BCUT2D eigenvalue weighted by molar-refractivity contribution is -0.141. The molecule has 0 aliphatic carbocycles. The Balaban J connectivity index is 1.55. The lowest BCUT2D eigenvalue weighted by Crippen LogP contribution is -2.53. The molecule has 0 unspecified atom stereocenters. The van der Waals surface area contributed by atoms with Crippen LogP contribution in [0.1, 0.15) is 19.8 Å². The summed E-state index contributed by atoms with van der Waals surface area (Å²) in [5.41, 5.74) is 0. The molecule has 7 nitrogen and oxygen atoms in total. The van der Waals surface area contributed by atoms with Gasteiger partial charge in [0.1, 0.15) is 12.7 Å². The van der Waals surface area contributed by atoms with E-state index in [4.69, 9.17) is 4.74 Å². The van der Waals surface area contributed by atoms with Crippen LogP contribution in [0.5, 0.6) is 0 Å². The minimum Gasteiger partial charge on any atom is -0.378 e. The molecule has 2 fully saturated rings. The van der Waals surface area contributed by atoms with Crippen LogP contribution in [0.3, 0.4) is 0 Å². The van der Waals surface area contributed by atoms with Gasteiger partial charge in [-0.15, -0.1) is 0 Å². The van der Waals surface area contributed by atoms with E-state index < -0.39 is 0 Å². The smallest absolute Gasteiger partial charge is 0.239 e. The number of aromatic nitrogens is 3. The summed E-state index contributed by atoms with van der Waals surface area (Å²) in [6.45, 7) is 7.65. The second kappa shape index (κ2) is 7.19. The van der Waals surface area contributed by atoms with Crippen molar-refractivity contribution in [2.45, 2.75) is 32.4 Å². The molecule has 3 rings (SSSR count). The van der Waals surface area contributed by atoms with Gasteiger partial charge in [-0.3, -0.25) is 14.4 Å². The van der Waals surface area contributed by atoms with E-state index in [0.29, 0.717) is 19.1 Å². The lowest BCUT2D eigenvalue weighted by Gasteiger charge is -2.38. The highest BCUT2D eigenvalue weighted by Gasteiger charge is 2.30. The molecule has 0 spiro atoms. The van der Waals surface area contributed by atoms with Crippen molar-refractivity contribution in [2.24, 2.45) is 5.92 Å². The molecule has 0 aromatic carbocycles. The highest BCUT2D eigenvalue weighted by molar-refractivity contribution is 5.81. The predicted molar refractivity (Wildman–Crippen MR) is 81.2 cm³/mol. The fraction of sp³-hybridized carbons (Fsp3) is 0.800. The maximum Gasteiger partial charge on any atom is 0.239 e. The molecule has 2 atom stereocenters. The van der Waals surface area contributed by atoms with Gasteiger partial charge in [-0.2, -0.15) is 5.10 Å². The molecule has 0 radical (unpaired) electrons. The van der Waals surface area contributed by atoms with E-state index in [0.717, 1.165) is 39.1 Å². The maximum absolute atomic E-state index is 12.6. The van der Waals surface area contributed by atoms with Crippen molar-refractivity contribution in [3.05, 3.63) is 12.7 Å². The largest absolute Gasteiger partial charge is 0.378 e. The third kappa shape index (κ3) is 3.64. The summed E-state index contributed by atoms with van der Waals surface area (Å²) in [7, 11) is 0. The Morgan fingerprint density at radius 1 is 1.36 bits per heavy atom. The van der Waals surface area contributed by atoms with Gasteiger partial charge < -0.3 is 9.64 Å². The van der Waals surface area contributed by atoms with Crippen LogP contribution in [-0.2, 0) is 16.1 Å². The number of nitrogens with zero attached hydrogens (tertiary/aromatic N) is 5. The Morgan fingerprint density at radius 3 is 2.91 bits per heavy atom. The van der Waals surface area contributed by atoms with Crippen molar-refractivity contribution in [1.82, 2.24) is 24.6 Å². The van der Waals surface area contributed by atoms with E-state index in [1.54, 1.807) is 12.7 Å². The number of carbonyl (C=O) groups is 1. The Kier molecular flexibility index (Phi) is 5.04. The summed E-state index contributed by atoms with van der Waals surface area (Å²) >= 11 is 0. The van der Waals surface area contributed by atoms with Gasteiger partial charge in [0.25, 0.3) is 0 Å². The van der Waals surface area contributed by atoms with Gasteiger partial charge in [0.2, 0.25) is 5.91 Å². The molecule has 3 heterocycles. The molecule has 7 heteroatoms. The Morgan fingerprint density at radius 2 is 2.18 bits per heavy atom. The van der Waals surface area contributed by atoms with E-state index in [9.17, 15) is 4.79 Å². The zero-order chi connectivity index (χ0) is 15.4. The fourth-order valence-corrected chi connectivity index (χ4v) is 3.39.